The lowest BCUT2D eigenvalue weighted by Gasteiger charge is -2.18. The van der Waals surface area contributed by atoms with Crippen LogP contribution in [-0.4, -0.2) is 20.1 Å². The van der Waals surface area contributed by atoms with Crippen LogP contribution in [0.5, 0.6) is 0 Å². The number of nitrogens with one attached hydrogen (secondary N) is 2. The van der Waals surface area contributed by atoms with Gasteiger partial charge in [0.25, 0.3) is 5.91 Å². The molecule has 2 rings (SSSR count). The van der Waals surface area contributed by atoms with Crippen LogP contribution in [0.1, 0.15) is 47.8 Å². The van der Waals surface area contributed by atoms with Gasteiger partial charge >= 0.3 is 0 Å². The molecular formula is C19H24N2O3S. The number of sulfonamides is 1. The molecule has 2 N–H and O–H groups in total. The van der Waals surface area contributed by atoms with Gasteiger partial charge in [0.1, 0.15) is 0 Å². The van der Waals surface area contributed by atoms with Crippen LogP contribution in [0.3, 0.4) is 0 Å². The SMILES string of the molecule is CC[C@@H](NC(=O)c1ccc(NS(=O)(=O)CC)cc1)c1ccc(C)cc1. The van der Waals surface area contributed by atoms with Crippen LogP contribution in [-0.2, 0) is 10.0 Å². The molecule has 0 aliphatic carbocycles. The summed E-state index contributed by atoms with van der Waals surface area (Å²) < 4.78 is 25.6. The summed E-state index contributed by atoms with van der Waals surface area (Å²) in [7, 11) is -3.32. The molecule has 25 heavy (non-hydrogen) atoms. The van der Waals surface area contributed by atoms with Gasteiger partial charge in [0.2, 0.25) is 10.0 Å². The Bertz CT molecular complexity index is 813. The zero-order valence-electron chi connectivity index (χ0n) is 14.7. The highest BCUT2D eigenvalue weighted by Crippen LogP contribution is 2.18. The first kappa shape index (κ1) is 19.0. The van der Waals surface area contributed by atoms with Crippen LogP contribution >= 0.6 is 0 Å². The lowest BCUT2D eigenvalue weighted by Crippen LogP contribution is -2.28. The van der Waals surface area contributed by atoms with E-state index in [2.05, 4.69) is 10.0 Å². The van der Waals surface area contributed by atoms with Crippen LogP contribution in [0, 0.1) is 6.92 Å². The van der Waals surface area contributed by atoms with Gasteiger partial charge < -0.3 is 5.32 Å². The molecule has 0 aromatic heterocycles. The Morgan fingerprint density at radius 2 is 1.60 bits per heavy atom. The fourth-order valence-corrected chi connectivity index (χ4v) is 3.04. The standard InChI is InChI=1S/C19H24N2O3S/c1-4-18(15-8-6-14(3)7-9-15)20-19(22)16-10-12-17(13-11-16)21-25(23,24)5-2/h6-13,18,21H,4-5H2,1-3H3,(H,20,22)/t18-/m1/s1. The van der Waals surface area contributed by atoms with Crippen molar-refractivity contribution in [1.82, 2.24) is 5.32 Å². The third-order valence-corrected chi connectivity index (χ3v) is 5.30. The van der Waals surface area contributed by atoms with Gasteiger partial charge in [0, 0.05) is 11.3 Å². The quantitative estimate of drug-likeness (QED) is 0.791. The van der Waals surface area contributed by atoms with E-state index >= 15 is 0 Å². The molecule has 0 aliphatic rings. The van der Waals surface area contributed by atoms with E-state index in [-0.39, 0.29) is 17.7 Å². The van der Waals surface area contributed by atoms with Crippen LogP contribution in [0.2, 0.25) is 0 Å². The molecular weight excluding hydrogens is 336 g/mol. The van der Waals surface area contributed by atoms with E-state index in [0.717, 1.165) is 12.0 Å². The largest absolute Gasteiger partial charge is 0.345 e. The number of anilines is 1. The summed E-state index contributed by atoms with van der Waals surface area (Å²) >= 11 is 0. The van der Waals surface area contributed by atoms with Crippen molar-refractivity contribution in [3.8, 4) is 0 Å². The second-order valence-corrected chi connectivity index (χ2v) is 7.94. The van der Waals surface area contributed by atoms with Crippen molar-refractivity contribution in [3.63, 3.8) is 0 Å². The number of aryl methyl sites for hydroxylation is 1. The smallest absolute Gasteiger partial charge is 0.251 e. The van der Waals surface area contributed by atoms with E-state index < -0.39 is 10.0 Å². The molecule has 0 aliphatic heterocycles. The molecule has 0 bridgehead atoms. The third kappa shape index (κ3) is 5.32. The average Bonchev–Trinajstić information content (AvgIpc) is 2.60. The van der Waals surface area contributed by atoms with Crippen molar-refractivity contribution in [1.29, 1.82) is 0 Å². The van der Waals surface area contributed by atoms with Crippen LogP contribution in [0.25, 0.3) is 0 Å². The molecule has 2 aromatic rings. The molecule has 1 amide bonds. The van der Waals surface area contributed by atoms with Crippen molar-refractivity contribution in [2.45, 2.75) is 33.2 Å². The molecule has 0 saturated heterocycles. The van der Waals surface area contributed by atoms with Gasteiger partial charge in [-0.25, -0.2) is 8.42 Å². The predicted molar refractivity (Wildman–Crippen MR) is 101 cm³/mol. The number of hydrogen-bond acceptors (Lipinski definition) is 3. The highest BCUT2D eigenvalue weighted by atomic mass is 32.2. The van der Waals surface area contributed by atoms with Gasteiger partial charge in [-0.05, 0) is 50.1 Å². The van der Waals surface area contributed by atoms with Gasteiger partial charge in [-0.15, -0.1) is 0 Å². The summed E-state index contributed by atoms with van der Waals surface area (Å²) in [5, 5.41) is 3.02. The van der Waals surface area contributed by atoms with Crippen molar-refractivity contribution in [3.05, 3.63) is 65.2 Å². The molecule has 0 saturated carbocycles. The van der Waals surface area contributed by atoms with E-state index in [9.17, 15) is 13.2 Å². The average molecular weight is 360 g/mol. The minimum atomic E-state index is -3.32. The molecule has 0 heterocycles. The number of carbonyl (C=O) groups excluding carboxylic acids is 1. The van der Waals surface area contributed by atoms with Crippen LogP contribution in [0.4, 0.5) is 5.69 Å². The third-order valence-electron chi connectivity index (χ3n) is 3.99. The zero-order valence-corrected chi connectivity index (χ0v) is 15.6. The monoisotopic (exact) mass is 360 g/mol. The fourth-order valence-electron chi connectivity index (χ4n) is 2.40. The second kappa shape index (κ2) is 8.16. The molecule has 134 valence electrons. The van der Waals surface area contributed by atoms with E-state index in [1.807, 2.05) is 38.1 Å². The summed E-state index contributed by atoms with van der Waals surface area (Å²) in [5.74, 6) is -0.179. The molecule has 5 nitrogen and oxygen atoms in total. The highest BCUT2D eigenvalue weighted by Gasteiger charge is 2.14. The first-order valence-corrected chi connectivity index (χ1v) is 9.98. The van der Waals surface area contributed by atoms with E-state index in [4.69, 9.17) is 0 Å². The maximum atomic E-state index is 12.5. The lowest BCUT2D eigenvalue weighted by atomic mass is 10.0. The summed E-state index contributed by atoms with van der Waals surface area (Å²) in [6.45, 7) is 5.62. The first-order chi connectivity index (χ1) is 11.8. The number of carbonyl (C=O) groups is 1. The van der Waals surface area contributed by atoms with E-state index in [1.54, 1.807) is 31.2 Å². The van der Waals surface area contributed by atoms with Crippen LogP contribution < -0.4 is 10.0 Å². The number of hydrogen-bond donors (Lipinski definition) is 2. The lowest BCUT2D eigenvalue weighted by molar-refractivity contribution is 0.0935. The van der Waals surface area contributed by atoms with Gasteiger partial charge in [0.05, 0.1) is 11.8 Å². The van der Waals surface area contributed by atoms with Gasteiger partial charge in [-0.1, -0.05) is 36.8 Å². The summed E-state index contributed by atoms with van der Waals surface area (Å²) in [5.41, 5.74) is 3.18. The Hall–Kier alpha value is -2.34. The van der Waals surface area contributed by atoms with E-state index in [1.165, 1.54) is 5.56 Å². The molecule has 0 fully saturated rings. The van der Waals surface area contributed by atoms with Gasteiger partial charge in [-0.2, -0.15) is 0 Å². The predicted octanol–water partition coefficient (Wildman–Crippen LogP) is 3.64. The minimum Gasteiger partial charge on any atom is -0.345 e. The molecule has 6 heteroatoms. The van der Waals surface area contributed by atoms with Crippen molar-refractivity contribution >= 4 is 21.6 Å². The number of benzene rings is 2. The Balaban J connectivity index is 2.08. The van der Waals surface area contributed by atoms with Crippen molar-refractivity contribution in [2.24, 2.45) is 0 Å². The fraction of sp³-hybridized carbons (Fsp3) is 0.316. The number of amides is 1. The first-order valence-electron chi connectivity index (χ1n) is 8.32. The molecule has 0 unspecified atom stereocenters. The van der Waals surface area contributed by atoms with E-state index in [0.29, 0.717) is 11.3 Å². The Labute approximate surface area is 149 Å². The molecule has 2 aromatic carbocycles. The summed E-state index contributed by atoms with van der Waals surface area (Å²) in [4.78, 5) is 12.5. The topological polar surface area (TPSA) is 75.3 Å². The number of rotatable bonds is 7. The highest BCUT2D eigenvalue weighted by molar-refractivity contribution is 7.92. The zero-order chi connectivity index (χ0) is 18.4. The maximum Gasteiger partial charge on any atom is 0.251 e. The molecule has 0 radical (unpaired) electrons. The molecule has 0 spiro atoms. The Morgan fingerprint density at radius 1 is 1.00 bits per heavy atom. The second-order valence-electron chi connectivity index (χ2n) is 5.93. The van der Waals surface area contributed by atoms with Crippen molar-refractivity contribution < 1.29 is 13.2 Å². The minimum absolute atomic E-state index is 0.00394. The Kier molecular flexibility index (Phi) is 6.20. The summed E-state index contributed by atoms with van der Waals surface area (Å²) in [6, 6.07) is 14.4. The van der Waals surface area contributed by atoms with Gasteiger partial charge in [0.15, 0.2) is 0 Å². The normalized spacial score (nSPS) is 12.4. The summed E-state index contributed by atoms with van der Waals surface area (Å²) in [6.07, 6.45) is 0.781. The van der Waals surface area contributed by atoms with Crippen molar-refractivity contribution in [2.75, 3.05) is 10.5 Å². The molecule has 1 atom stereocenters. The van der Waals surface area contributed by atoms with Crippen LogP contribution in [0.15, 0.2) is 48.5 Å². The Morgan fingerprint density at radius 3 is 2.12 bits per heavy atom. The van der Waals surface area contributed by atoms with Gasteiger partial charge in [-0.3, -0.25) is 9.52 Å². The maximum absolute atomic E-state index is 12.5.